The number of anilines is 2. The van der Waals surface area contributed by atoms with Gasteiger partial charge < -0.3 is 15.0 Å². The molecule has 1 saturated carbocycles. The fraction of sp³-hybridized carbons (Fsp3) is 0.419. The first-order valence-electron chi connectivity index (χ1n) is 13.7. The van der Waals surface area contributed by atoms with Gasteiger partial charge in [-0.1, -0.05) is 25.0 Å². The van der Waals surface area contributed by atoms with E-state index < -0.39 is 6.36 Å². The van der Waals surface area contributed by atoms with E-state index in [9.17, 15) is 13.2 Å². The predicted molar refractivity (Wildman–Crippen MR) is 146 cm³/mol. The van der Waals surface area contributed by atoms with E-state index in [1.54, 1.807) is 24.4 Å². The molecule has 1 N–H and O–H groups in total. The molecule has 1 aromatic heterocycles. The molecule has 2 heterocycles. The number of aromatic nitrogens is 1. The van der Waals surface area contributed by atoms with Crippen LogP contribution >= 0.6 is 0 Å². The van der Waals surface area contributed by atoms with Crippen LogP contribution in [0, 0.1) is 23.2 Å². The highest BCUT2D eigenvalue weighted by molar-refractivity contribution is 5.67. The van der Waals surface area contributed by atoms with Crippen molar-refractivity contribution >= 4 is 11.5 Å². The molecule has 8 heteroatoms. The average molecular weight is 535 g/mol. The number of hydrogen-bond acceptors (Lipinski definition) is 5. The fourth-order valence-electron chi connectivity index (χ4n) is 6.10. The number of rotatable bonds is 7. The Morgan fingerprint density at radius 1 is 0.974 bits per heavy atom. The number of ether oxygens (including phenoxy) is 1. The van der Waals surface area contributed by atoms with Gasteiger partial charge in [0.1, 0.15) is 11.6 Å². The second-order valence-electron chi connectivity index (χ2n) is 10.6. The number of nitrogens with one attached hydrogen (secondary N) is 1. The Kier molecular flexibility index (Phi) is 8.25. The monoisotopic (exact) mass is 534 g/mol. The Balaban J connectivity index is 1.24. The van der Waals surface area contributed by atoms with Crippen LogP contribution in [0.3, 0.4) is 0 Å². The summed E-state index contributed by atoms with van der Waals surface area (Å²) >= 11 is 0. The van der Waals surface area contributed by atoms with Gasteiger partial charge in [-0.2, -0.15) is 5.26 Å². The fourth-order valence-corrected chi connectivity index (χ4v) is 6.10. The molecule has 1 aliphatic carbocycles. The average Bonchev–Trinajstić information content (AvgIpc) is 2.94. The summed E-state index contributed by atoms with van der Waals surface area (Å²) < 4.78 is 42.2. The highest BCUT2D eigenvalue weighted by atomic mass is 19.4. The first-order valence-corrected chi connectivity index (χ1v) is 13.7. The number of nitriles is 1. The summed E-state index contributed by atoms with van der Waals surface area (Å²) in [6.07, 6.45) is 5.18. The van der Waals surface area contributed by atoms with Crippen LogP contribution in [0.25, 0.3) is 11.1 Å². The van der Waals surface area contributed by atoms with Crippen molar-refractivity contribution in [2.75, 3.05) is 23.3 Å². The SMILES string of the molecule is N#Cc1ccc(N2CCC[C@H](C[C@@H]3CCCC[C@H]3Nc3cc(-c4cccc(OC(F)(F)F)c4)ccn3)C2)cc1. The van der Waals surface area contributed by atoms with Crippen molar-refractivity contribution in [2.24, 2.45) is 11.8 Å². The van der Waals surface area contributed by atoms with E-state index >= 15 is 0 Å². The summed E-state index contributed by atoms with van der Waals surface area (Å²) in [7, 11) is 0. The van der Waals surface area contributed by atoms with Gasteiger partial charge in [0.25, 0.3) is 0 Å². The number of alkyl halides is 3. The Morgan fingerprint density at radius 2 is 1.77 bits per heavy atom. The third kappa shape index (κ3) is 7.23. The maximum Gasteiger partial charge on any atom is 0.573 e. The molecule has 204 valence electrons. The maximum absolute atomic E-state index is 12.7. The molecule has 1 saturated heterocycles. The summed E-state index contributed by atoms with van der Waals surface area (Å²) in [5, 5.41) is 12.8. The summed E-state index contributed by atoms with van der Waals surface area (Å²) in [5.41, 5.74) is 3.30. The number of benzene rings is 2. The summed E-state index contributed by atoms with van der Waals surface area (Å²) in [4.78, 5) is 6.98. The molecule has 5 nitrogen and oxygen atoms in total. The van der Waals surface area contributed by atoms with Crippen LogP contribution < -0.4 is 15.0 Å². The lowest BCUT2D eigenvalue weighted by molar-refractivity contribution is -0.274. The molecule has 0 amide bonds. The molecule has 2 aliphatic rings. The molecule has 3 aromatic rings. The normalized spacial score (nSPS) is 21.7. The van der Waals surface area contributed by atoms with Gasteiger partial charge in [0.05, 0.1) is 11.6 Å². The Morgan fingerprint density at radius 3 is 2.56 bits per heavy atom. The minimum absolute atomic E-state index is 0.235. The Bertz CT molecular complexity index is 1290. The van der Waals surface area contributed by atoms with Gasteiger partial charge >= 0.3 is 6.36 Å². The number of nitrogens with zero attached hydrogens (tertiary/aromatic N) is 3. The molecule has 2 fully saturated rings. The van der Waals surface area contributed by atoms with Crippen molar-refractivity contribution in [1.29, 1.82) is 5.26 Å². The zero-order chi connectivity index (χ0) is 27.2. The first kappa shape index (κ1) is 26.9. The van der Waals surface area contributed by atoms with Crippen molar-refractivity contribution in [3.8, 4) is 22.9 Å². The lowest BCUT2D eigenvalue weighted by Crippen LogP contribution is -2.39. The van der Waals surface area contributed by atoms with Gasteiger partial charge in [-0.25, -0.2) is 4.98 Å². The van der Waals surface area contributed by atoms with E-state index in [1.165, 1.54) is 43.5 Å². The third-order valence-corrected chi connectivity index (χ3v) is 7.92. The zero-order valence-corrected chi connectivity index (χ0v) is 21.8. The lowest BCUT2D eigenvalue weighted by Gasteiger charge is -2.39. The van der Waals surface area contributed by atoms with E-state index in [0.717, 1.165) is 43.7 Å². The van der Waals surface area contributed by atoms with Gasteiger partial charge in [-0.3, -0.25) is 0 Å². The lowest BCUT2D eigenvalue weighted by atomic mass is 9.77. The van der Waals surface area contributed by atoms with Crippen molar-refractivity contribution in [3.05, 3.63) is 72.4 Å². The van der Waals surface area contributed by atoms with Crippen LogP contribution in [0.15, 0.2) is 66.9 Å². The van der Waals surface area contributed by atoms with Gasteiger partial charge in [-0.05, 0) is 104 Å². The van der Waals surface area contributed by atoms with Crippen molar-refractivity contribution in [3.63, 3.8) is 0 Å². The van der Waals surface area contributed by atoms with Gasteiger partial charge in [0.2, 0.25) is 0 Å². The van der Waals surface area contributed by atoms with Crippen molar-refractivity contribution in [2.45, 2.75) is 57.3 Å². The maximum atomic E-state index is 12.7. The summed E-state index contributed by atoms with van der Waals surface area (Å²) in [5.74, 6) is 1.66. The van der Waals surface area contributed by atoms with Crippen molar-refractivity contribution < 1.29 is 17.9 Å². The molecule has 0 bridgehead atoms. The molecule has 3 atom stereocenters. The minimum atomic E-state index is -4.73. The smallest absolute Gasteiger partial charge is 0.406 e. The highest BCUT2D eigenvalue weighted by Crippen LogP contribution is 2.36. The van der Waals surface area contributed by atoms with E-state index in [4.69, 9.17) is 5.26 Å². The predicted octanol–water partition coefficient (Wildman–Crippen LogP) is 7.80. The van der Waals surface area contributed by atoms with Crippen LogP contribution in [-0.4, -0.2) is 30.5 Å². The molecular weight excluding hydrogens is 501 g/mol. The molecule has 1 aliphatic heterocycles. The van der Waals surface area contributed by atoms with Crippen molar-refractivity contribution in [1.82, 2.24) is 4.98 Å². The molecule has 5 rings (SSSR count). The molecule has 39 heavy (non-hydrogen) atoms. The summed E-state index contributed by atoms with van der Waals surface area (Å²) in [6, 6.07) is 20.1. The van der Waals surface area contributed by atoms with Gasteiger partial charge in [0.15, 0.2) is 0 Å². The topological polar surface area (TPSA) is 61.2 Å². The molecule has 2 aromatic carbocycles. The van der Waals surface area contributed by atoms with Gasteiger partial charge in [-0.15, -0.1) is 13.2 Å². The van der Waals surface area contributed by atoms with Crippen LogP contribution in [0.1, 0.15) is 50.5 Å². The molecule has 0 spiro atoms. The second-order valence-corrected chi connectivity index (χ2v) is 10.6. The third-order valence-electron chi connectivity index (χ3n) is 7.92. The summed E-state index contributed by atoms with van der Waals surface area (Å²) in [6.45, 7) is 2.07. The minimum Gasteiger partial charge on any atom is -0.406 e. The number of hydrogen-bond donors (Lipinski definition) is 1. The standard InChI is InChI=1S/C31H33F3N4O/c32-31(33,34)39-28-8-3-7-24(18-28)25-14-15-36-30(19-25)37-29-9-2-1-6-26(29)17-23-5-4-16-38(21-23)27-12-10-22(20-35)11-13-27/h3,7-8,10-15,18-19,23,26,29H,1-2,4-6,9,16-17,21H2,(H,36,37)/t23-,26+,29-/m1/s1. The number of halogens is 3. The van der Waals surface area contributed by atoms with Crippen LogP contribution in [0.4, 0.5) is 24.7 Å². The Hall–Kier alpha value is -3.73. The second kappa shape index (κ2) is 12.0. The van der Waals surface area contributed by atoms with Crippen LogP contribution in [0.2, 0.25) is 0 Å². The largest absolute Gasteiger partial charge is 0.573 e. The highest BCUT2D eigenvalue weighted by Gasteiger charge is 2.32. The zero-order valence-electron chi connectivity index (χ0n) is 21.8. The molecule has 0 unspecified atom stereocenters. The van der Waals surface area contributed by atoms with E-state index in [0.29, 0.717) is 29.0 Å². The molecular formula is C31H33F3N4O. The van der Waals surface area contributed by atoms with Crippen LogP contribution in [0.5, 0.6) is 5.75 Å². The number of pyridine rings is 1. The van der Waals surface area contributed by atoms with Gasteiger partial charge in [0, 0.05) is 31.0 Å². The van der Waals surface area contributed by atoms with Crippen LogP contribution in [-0.2, 0) is 0 Å². The quantitative estimate of drug-likeness (QED) is 0.335. The number of piperidine rings is 1. The molecule has 0 radical (unpaired) electrons. The Labute approximate surface area is 227 Å². The van der Waals surface area contributed by atoms with E-state index in [2.05, 4.69) is 38.1 Å². The van der Waals surface area contributed by atoms with E-state index in [-0.39, 0.29) is 5.75 Å². The first-order chi connectivity index (χ1) is 18.9. The van der Waals surface area contributed by atoms with E-state index in [1.807, 2.05) is 18.2 Å².